The molecule has 4 rings (SSSR count). The Hall–Kier alpha value is -1.93. The lowest BCUT2D eigenvalue weighted by molar-refractivity contribution is 0.0376. The van der Waals surface area contributed by atoms with Crippen molar-refractivity contribution in [2.24, 2.45) is 0 Å². The Bertz CT molecular complexity index is 1020. The zero-order valence-corrected chi connectivity index (χ0v) is 20.0. The molecule has 0 aliphatic carbocycles. The highest BCUT2D eigenvalue weighted by Crippen LogP contribution is 2.32. The van der Waals surface area contributed by atoms with Gasteiger partial charge in [0, 0.05) is 31.1 Å². The largest absolute Gasteiger partial charge is 0.379 e. The van der Waals surface area contributed by atoms with Crippen molar-refractivity contribution in [3.63, 3.8) is 0 Å². The zero-order chi connectivity index (χ0) is 21.8. The first kappa shape index (κ1) is 22.3. The molecule has 2 heterocycles. The van der Waals surface area contributed by atoms with E-state index in [0.717, 1.165) is 65.1 Å². The molecule has 0 unspecified atom stereocenters. The summed E-state index contributed by atoms with van der Waals surface area (Å²) in [7, 11) is 0. The molecule has 31 heavy (non-hydrogen) atoms. The molecule has 1 aromatic heterocycles. The van der Waals surface area contributed by atoms with E-state index in [9.17, 15) is 4.79 Å². The maximum Gasteiger partial charge on any atom is 0.261 e. The average molecular weight is 456 g/mol. The Morgan fingerprint density at radius 2 is 1.94 bits per heavy atom. The van der Waals surface area contributed by atoms with E-state index in [4.69, 9.17) is 9.72 Å². The minimum atomic E-state index is 0.0272. The number of carbonyl (C=O) groups is 1. The number of hydrogen-bond donors (Lipinski definition) is 0. The van der Waals surface area contributed by atoms with Gasteiger partial charge in [0.2, 0.25) is 0 Å². The number of fused-ring (bicyclic) bond motifs is 1. The zero-order valence-electron chi connectivity index (χ0n) is 18.4. The highest BCUT2D eigenvalue weighted by atomic mass is 32.2. The third-order valence-electron chi connectivity index (χ3n) is 5.77. The number of aryl methyl sites for hydroxylation is 2. The van der Waals surface area contributed by atoms with Crippen LogP contribution in [0.2, 0.25) is 0 Å². The van der Waals surface area contributed by atoms with Gasteiger partial charge in [0.25, 0.3) is 5.91 Å². The summed E-state index contributed by atoms with van der Waals surface area (Å²) in [6, 6.07) is 12.1. The van der Waals surface area contributed by atoms with Crippen LogP contribution in [0.4, 0.5) is 5.13 Å². The van der Waals surface area contributed by atoms with E-state index in [1.807, 2.05) is 35.4 Å². The van der Waals surface area contributed by atoms with Crippen molar-refractivity contribution in [1.82, 2.24) is 9.88 Å². The van der Waals surface area contributed by atoms with E-state index in [1.165, 1.54) is 11.1 Å². The Kier molecular flexibility index (Phi) is 7.27. The van der Waals surface area contributed by atoms with Gasteiger partial charge in [0.1, 0.15) is 0 Å². The van der Waals surface area contributed by atoms with Gasteiger partial charge in [-0.05, 0) is 61.9 Å². The molecule has 5 nitrogen and oxygen atoms in total. The Morgan fingerprint density at radius 1 is 1.19 bits per heavy atom. The number of thiazole rings is 1. The van der Waals surface area contributed by atoms with Crippen molar-refractivity contribution < 1.29 is 9.53 Å². The third kappa shape index (κ3) is 5.12. The number of benzene rings is 2. The molecule has 0 N–H and O–H groups in total. The van der Waals surface area contributed by atoms with Gasteiger partial charge in [-0.25, -0.2) is 4.98 Å². The molecule has 1 saturated heterocycles. The number of aromatic nitrogens is 1. The fourth-order valence-corrected chi connectivity index (χ4v) is 5.47. The van der Waals surface area contributed by atoms with Gasteiger partial charge in [0.15, 0.2) is 5.13 Å². The van der Waals surface area contributed by atoms with E-state index < -0.39 is 0 Å². The first-order valence-corrected chi connectivity index (χ1v) is 12.7. The van der Waals surface area contributed by atoms with Crippen LogP contribution in [0.15, 0.2) is 41.3 Å². The van der Waals surface area contributed by atoms with Crippen LogP contribution in [0.5, 0.6) is 0 Å². The van der Waals surface area contributed by atoms with E-state index >= 15 is 0 Å². The monoisotopic (exact) mass is 455 g/mol. The van der Waals surface area contributed by atoms with Crippen molar-refractivity contribution in [1.29, 1.82) is 0 Å². The number of rotatable bonds is 7. The highest BCUT2D eigenvalue weighted by molar-refractivity contribution is 7.98. The van der Waals surface area contributed by atoms with Crippen molar-refractivity contribution in [3.05, 3.63) is 53.1 Å². The molecular weight excluding hydrogens is 426 g/mol. The second-order valence-electron chi connectivity index (χ2n) is 7.87. The van der Waals surface area contributed by atoms with Crippen molar-refractivity contribution in [2.75, 3.05) is 50.5 Å². The standard InChI is InChI=1S/C24H29N3O2S2/c1-17-15-20-22(16-18(17)2)31-24(25-20)27(10-6-9-26-11-13-29-14-12-26)23(28)19-7-4-5-8-21(19)30-3/h4-5,7-8,15-16H,6,9-14H2,1-3H3. The quantitative estimate of drug-likeness (QED) is 0.469. The minimum absolute atomic E-state index is 0.0272. The molecule has 0 bridgehead atoms. The normalized spacial score (nSPS) is 14.8. The summed E-state index contributed by atoms with van der Waals surface area (Å²) < 4.78 is 6.58. The number of carbonyl (C=O) groups excluding carboxylic acids is 1. The van der Waals surface area contributed by atoms with Gasteiger partial charge in [-0.1, -0.05) is 23.5 Å². The molecule has 3 aromatic rings. The van der Waals surface area contributed by atoms with Crippen LogP contribution < -0.4 is 4.90 Å². The van der Waals surface area contributed by atoms with Crippen molar-refractivity contribution in [3.8, 4) is 0 Å². The predicted octanol–water partition coefficient (Wildman–Crippen LogP) is 5.00. The predicted molar refractivity (Wildman–Crippen MR) is 131 cm³/mol. The van der Waals surface area contributed by atoms with Gasteiger partial charge in [-0.3, -0.25) is 14.6 Å². The molecule has 1 fully saturated rings. The number of anilines is 1. The lowest BCUT2D eigenvalue weighted by Gasteiger charge is -2.28. The van der Waals surface area contributed by atoms with Crippen LogP contribution in [-0.2, 0) is 4.74 Å². The van der Waals surface area contributed by atoms with E-state index in [2.05, 4.69) is 30.9 Å². The molecule has 164 valence electrons. The van der Waals surface area contributed by atoms with E-state index in [-0.39, 0.29) is 5.91 Å². The maximum absolute atomic E-state index is 13.7. The van der Waals surface area contributed by atoms with Crippen LogP contribution in [0.3, 0.4) is 0 Å². The third-order valence-corrected chi connectivity index (χ3v) is 7.60. The van der Waals surface area contributed by atoms with E-state index in [1.54, 1.807) is 23.1 Å². The summed E-state index contributed by atoms with van der Waals surface area (Å²) in [4.78, 5) is 23.8. The van der Waals surface area contributed by atoms with Crippen molar-refractivity contribution in [2.45, 2.75) is 25.2 Å². The van der Waals surface area contributed by atoms with Crippen LogP contribution >= 0.6 is 23.1 Å². The molecule has 1 amide bonds. The van der Waals surface area contributed by atoms with Crippen LogP contribution in [-0.4, -0.2) is 61.4 Å². The Morgan fingerprint density at radius 3 is 2.71 bits per heavy atom. The molecule has 7 heteroatoms. The summed E-state index contributed by atoms with van der Waals surface area (Å²) in [5.74, 6) is 0.0272. The van der Waals surface area contributed by atoms with Crippen LogP contribution in [0, 0.1) is 13.8 Å². The topological polar surface area (TPSA) is 45.7 Å². The molecule has 1 aliphatic rings. The number of amides is 1. The summed E-state index contributed by atoms with van der Waals surface area (Å²) >= 11 is 3.21. The smallest absolute Gasteiger partial charge is 0.261 e. The summed E-state index contributed by atoms with van der Waals surface area (Å²) in [6.07, 6.45) is 2.92. The van der Waals surface area contributed by atoms with Crippen molar-refractivity contribution >= 4 is 44.4 Å². The van der Waals surface area contributed by atoms with Gasteiger partial charge in [-0.2, -0.15) is 0 Å². The molecule has 0 spiro atoms. The summed E-state index contributed by atoms with van der Waals surface area (Å²) in [6.45, 7) is 9.34. The first-order chi connectivity index (χ1) is 15.1. The summed E-state index contributed by atoms with van der Waals surface area (Å²) in [5.41, 5.74) is 4.18. The second-order valence-corrected chi connectivity index (χ2v) is 9.72. The summed E-state index contributed by atoms with van der Waals surface area (Å²) in [5, 5.41) is 0.780. The molecule has 2 aromatic carbocycles. The SMILES string of the molecule is CSc1ccccc1C(=O)N(CCCN1CCOCC1)c1nc2cc(C)c(C)cc2s1. The first-order valence-electron chi connectivity index (χ1n) is 10.7. The van der Waals surface area contributed by atoms with Gasteiger partial charge in [0.05, 0.1) is 29.0 Å². The lowest BCUT2D eigenvalue weighted by atomic mass is 10.1. The number of thioether (sulfide) groups is 1. The average Bonchev–Trinajstić information content (AvgIpc) is 3.19. The Labute approximate surface area is 192 Å². The maximum atomic E-state index is 13.7. The molecule has 0 atom stereocenters. The highest BCUT2D eigenvalue weighted by Gasteiger charge is 2.23. The molecule has 0 radical (unpaired) electrons. The van der Waals surface area contributed by atoms with Gasteiger partial charge < -0.3 is 4.74 Å². The fraction of sp³-hybridized carbons (Fsp3) is 0.417. The number of morpholine rings is 1. The van der Waals surface area contributed by atoms with Crippen LogP contribution in [0.1, 0.15) is 27.9 Å². The number of nitrogens with zero attached hydrogens (tertiary/aromatic N) is 3. The lowest BCUT2D eigenvalue weighted by Crippen LogP contribution is -2.39. The van der Waals surface area contributed by atoms with Gasteiger partial charge in [-0.15, -0.1) is 11.8 Å². The molecule has 0 saturated carbocycles. The Balaban J connectivity index is 1.62. The van der Waals surface area contributed by atoms with E-state index in [0.29, 0.717) is 6.54 Å². The minimum Gasteiger partial charge on any atom is -0.379 e. The van der Waals surface area contributed by atoms with Crippen LogP contribution in [0.25, 0.3) is 10.2 Å². The van der Waals surface area contributed by atoms with Gasteiger partial charge >= 0.3 is 0 Å². The fourth-order valence-electron chi connectivity index (χ4n) is 3.81. The molecule has 1 aliphatic heterocycles. The number of hydrogen-bond acceptors (Lipinski definition) is 6. The molecular formula is C24H29N3O2S2. The number of ether oxygens (including phenoxy) is 1. The second kappa shape index (κ2) is 10.1.